The van der Waals surface area contributed by atoms with E-state index < -0.39 is 27.3 Å². The van der Waals surface area contributed by atoms with Gasteiger partial charge in [0.2, 0.25) is 10.0 Å². The van der Waals surface area contributed by atoms with Gasteiger partial charge in [-0.1, -0.05) is 15.9 Å². The molecule has 0 aromatic heterocycles. The Bertz CT molecular complexity index is 549. The molecule has 0 aliphatic carbocycles. The fourth-order valence-electron chi connectivity index (χ4n) is 1.41. The number of benzene rings is 1. The zero-order valence-electron chi connectivity index (χ0n) is 10.7. The first-order valence-electron chi connectivity index (χ1n) is 5.51. The SMILES string of the molecule is CN(C)CCNS(=O)(=O)c1cc(Br)cc(CO)c1F. The fourth-order valence-corrected chi connectivity index (χ4v) is 3.23. The summed E-state index contributed by atoms with van der Waals surface area (Å²) in [6.07, 6.45) is 0. The topological polar surface area (TPSA) is 69.6 Å². The summed E-state index contributed by atoms with van der Waals surface area (Å²) in [5, 5.41) is 9.00. The fraction of sp³-hybridized carbons (Fsp3) is 0.455. The predicted octanol–water partition coefficient (Wildman–Crippen LogP) is 0.920. The molecular formula is C11H16BrFN2O3S. The predicted molar refractivity (Wildman–Crippen MR) is 73.8 cm³/mol. The van der Waals surface area contributed by atoms with Crippen molar-refractivity contribution in [3.05, 3.63) is 28.0 Å². The van der Waals surface area contributed by atoms with Gasteiger partial charge in [-0.15, -0.1) is 0 Å². The van der Waals surface area contributed by atoms with Crippen LogP contribution in [-0.4, -0.2) is 45.6 Å². The number of nitrogens with one attached hydrogen (secondary N) is 1. The molecule has 1 aromatic carbocycles. The van der Waals surface area contributed by atoms with Gasteiger partial charge >= 0.3 is 0 Å². The summed E-state index contributed by atoms with van der Waals surface area (Å²) in [7, 11) is -0.328. The van der Waals surface area contributed by atoms with Gasteiger partial charge < -0.3 is 10.0 Å². The van der Waals surface area contributed by atoms with Crippen LogP contribution in [0.2, 0.25) is 0 Å². The Balaban J connectivity index is 3.04. The number of aliphatic hydroxyl groups is 1. The Morgan fingerprint density at radius 3 is 2.58 bits per heavy atom. The highest BCUT2D eigenvalue weighted by molar-refractivity contribution is 9.10. The van der Waals surface area contributed by atoms with Gasteiger partial charge in [-0.3, -0.25) is 0 Å². The molecule has 2 N–H and O–H groups in total. The monoisotopic (exact) mass is 354 g/mol. The van der Waals surface area contributed by atoms with E-state index in [-0.39, 0.29) is 12.1 Å². The van der Waals surface area contributed by atoms with Gasteiger partial charge in [0.15, 0.2) is 0 Å². The maximum Gasteiger partial charge on any atom is 0.243 e. The average molecular weight is 355 g/mol. The van der Waals surface area contributed by atoms with Crippen LogP contribution >= 0.6 is 15.9 Å². The number of hydrogen-bond donors (Lipinski definition) is 2. The van der Waals surface area contributed by atoms with E-state index in [0.717, 1.165) is 0 Å². The molecule has 0 saturated carbocycles. The van der Waals surface area contributed by atoms with Gasteiger partial charge in [-0.2, -0.15) is 0 Å². The van der Waals surface area contributed by atoms with E-state index in [1.165, 1.54) is 12.1 Å². The highest BCUT2D eigenvalue weighted by Crippen LogP contribution is 2.24. The van der Waals surface area contributed by atoms with E-state index in [0.29, 0.717) is 11.0 Å². The lowest BCUT2D eigenvalue weighted by atomic mass is 10.2. The van der Waals surface area contributed by atoms with Crippen LogP contribution < -0.4 is 4.72 Å². The molecule has 0 amide bonds. The van der Waals surface area contributed by atoms with Crippen molar-refractivity contribution in [2.75, 3.05) is 27.2 Å². The van der Waals surface area contributed by atoms with E-state index in [1.807, 2.05) is 0 Å². The summed E-state index contributed by atoms with van der Waals surface area (Å²) in [4.78, 5) is 1.34. The summed E-state index contributed by atoms with van der Waals surface area (Å²) in [5.74, 6) is -0.928. The molecule has 0 unspecified atom stereocenters. The Kier molecular flexibility index (Phi) is 5.87. The summed E-state index contributed by atoms with van der Waals surface area (Å²) in [6.45, 7) is 0.114. The molecule has 0 bridgehead atoms. The third kappa shape index (κ3) is 4.50. The van der Waals surface area contributed by atoms with Gasteiger partial charge in [0, 0.05) is 23.1 Å². The number of aliphatic hydroxyl groups excluding tert-OH is 1. The minimum absolute atomic E-state index is 0.0673. The van der Waals surface area contributed by atoms with Gasteiger partial charge in [0.1, 0.15) is 10.7 Å². The zero-order valence-corrected chi connectivity index (χ0v) is 13.1. The largest absolute Gasteiger partial charge is 0.392 e. The summed E-state index contributed by atoms with van der Waals surface area (Å²) in [6, 6.07) is 2.51. The summed E-state index contributed by atoms with van der Waals surface area (Å²) in [5.41, 5.74) is -0.0673. The Morgan fingerprint density at radius 1 is 1.42 bits per heavy atom. The number of halogens is 2. The first-order valence-corrected chi connectivity index (χ1v) is 7.78. The van der Waals surface area contributed by atoms with E-state index in [9.17, 15) is 12.8 Å². The van der Waals surface area contributed by atoms with Crippen molar-refractivity contribution >= 4 is 26.0 Å². The molecule has 0 aliphatic heterocycles. The molecule has 1 rings (SSSR count). The Hall–Kier alpha value is -0.540. The van der Waals surface area contributed by atoms with Crippen LogP contribution in [0.25, 0.3) is 0 Å². The zero-order chi connectivity index (χ0) is 14.6. The first kappa shape index (κ1) is 16.5. The highest BCUT2D eigenvalue weighted by atomic mass is 79.9. The molecular weight excluding hydrogens is 339 g/mol. The van der Waals surface area contributed by atoms with Crippen LogP contribution in [0, 0.1) is 5.82 Å². The van der Waals surface area contributed by atoms with Crippen molar-refractivity contribution in [3.63, 3.8) is 0 Å². The second-order valence-electron chi connectivity index (χ2n) is 4.24. The third-order valence-electron chi connectivity index (χ3n) is 2.39. The molecule has 0 saturated heterocycles. The van der Waals surface area contributed by atoms with Crippen LogP contribution in [0.4, 0.5) is 4.39 Å². The van der Waals surface area contributed by atoms with E-state index in [4.69, 9.17) is 5.11 Å². The molecule has 0 aliphatic rings. The molecule has 0 atom stereocenters. The van der Waals surface area contributed by atoms with Crippen LogP contribution in [0.15, 0.2) is 21.5 Å². The molecule has 108 valence electrons. The van der Waals surface area contributed by atoms with E-state index in [1.54, 1.807) is 19.0 Å². The lowest BCUT2D eigenvalue weighted by Crippen LogP contribution is -2.32. The van der Waals surface area contributed by atoms with Crippen molar-refractivity contribution in [3.8, 4) is 0 Å². The van der Waals surface area contributed by atoms with Gasteiger partial charge in [-0.25, -0.2) is 17.5 Å². The van der Waals surface area contributed by atoms with Crippen molar-refractivity contribution in [1.82, 2.24) is 9.62 Å². The van der Waals surface area contributed by atoms with Gasteiger partial charge in [-0.05, 0) is 26.2 Å². The molecule has 5 nitrogen and oxygen atoms in total. The highest BCUT2D eigenvalue weighted by Gasteiger charge is 2.21. The number of rotatable bonds is 6. The third-order valence-corrected chi connectivity index (χ3v) is 4.31. The normalized spacial score (nSPS) is 12.1. The molecule has 0 fully saturated rings. The number of likely N-dealkylation sites (N-methyl/N-ethyl adjacent to an activating group) is 1. The Labute approximate surface area is 120 Å². The molecule has 0 heterocycles. The average Bonchev–Trinajstić information content (AvgIpc) is 2.30. The minimum Gasteiger partial charge on any atom is -0.392 e. The molecule has 0 spiro atoms. The molecule has 19 heavy (non-hydrogen) atoms. The van der Waals surface area contributed by atoms with Crippen LogP contribution in [0.3, 0.4) is 0 Å². The maximum atomic E-state index is 13.9. The number of sulfonamides is 1. The number of nitrogens with zero attached hydrogens (tertiary/aromatic N) is 1. The molecule has 0 radical (unpaired) electrons. The van der Waals surface area contributed by atoms with Crippen molar-refractivity contribution < 1.29 is 17.9 Å². The number of hydrogen-bond acceptors (Lipinski definition) is 4. The standard InChI is InChI=1S/C11H16BrFN2O3S/c1-15(2)4-3-14-19(17,18)10-6-9(12)5-8(7-16)11(10)13/h5-6,14,16H,3-4,7H2,1-2H3. The minimum atomic E-state index is -3.93. The van der Waals surface area contributed by atoms with Crippen molar-refractivity contribution in [2.24, 2.45) is 0 Å². The Morgan fingerprint density at radius 2 is 2.05 bits per heavy atom. The van der Waals surface area contributed by atoms with Crippen LogP contribution in [0.5, 0.6) is 0 Å². The van der Waals surface area contributed by atoms with E-state index in [2.05, 4.69) is 20.7 Å². The molecule has 1 aromatic rings. The second-order valence-corrected chi connectivity index (χ2v) is 6.89. The summed E-state index contributed by atoms with van der Waals surface area (Å²) < 4.78 is 40.6. The smallest absolute Gasteiger partial charge is 0.243 e. The summed E-state index contributed by atoms with van der Waals surface area (Å²) >= 11 is 3.09. The van der Waals surface area contributed by atoms with Crippen LogP contribution in [0.1, 0.15) is 5.56 Å². The van der Waals surface area contributed by atoms with Crippen molar-refractivity contribution in [1.29, 1.82) is 0 Å². The van der Waals surface area contributed by atoms with Crippen molar-refractivity contribution in [2.45, 2.75) is 11.5 Å². The van der Waals surface area contributed by atoms with Gasteiger partial charge in [0.05, 0.1) is 6.61 Å². The van der Waals surface area contributed by atoms with Gasteiger partial charge in [0.25, 0.3) is 0 Å². The quantitative estimate of drug-likeness (QED) is 0.796. The maximum absolute atomic E-state index is 13.9. The lowest BCUT2D eigenvalue weighted by molar-refractivity contribution is 0.274. The molecule has 8 heteroatoms. The van der Waals surface area contributed by atoms with Crippen LogP contribution in [-0.2, 0) is 16.6 Å². The first-order chi connectivity index (χ1) is 8.77. The lowest BCUT2D eigenvalue weighted by Gasteiger charge is -2.12. The second kappa shape index (κ2) is 6.76. The van der Waals surface area contributed by atoms with E-state index >= 15 is 0 Å².